The van der Waals surface area contributed by atoms with Crippen molar-refractivity contribution in [2.75, 3.05) is 6.61 Å². The van der Waals surface area contributed by atoms with Crippen LogP contribution in [0.25, 0.3) is 0 Å². The summed E-state index contributed by atoms with van der Waals surface area (Å²) in [5.74, 6) is 2.76. The van der Waals surface area contributed by atoms with Gasteiger partial charge in [0.1, 0.15) is 6.10 Å². The largest absolute Gasteiger partial charge is 0.465 e. The fraction of sp³-hybridized carbons (Fsp3) is 0.882. The first-order valence-corrected chi connectivity index (χ1v) is 15.6. The van der Waals surface area contributed by atoms with Gasteiger partial charge in [-0.25, -0.2) is 0 Å². The first kappa shape index (κ1) is 28.2. The average Bonchev–Trinajstić information content (AvgIpc) is 3.20. The number of esters is 2. The minimum Gasteiger partial charge on any atom is -0.465 e. The van der Waals surface area contributed by atoms with Gasteiger partial charge in [-0.3, -0.25) is 9.59 Å². The van der Waals surface area contributed by atoms with Gasteiger partial charge in [-0.1, -0.05) is 46.8 Å². The third-order valence-corrected chi connectivity index (χ3v) is 14.0. The summed E-state index contributed by atoms with van der Waals surface area (Å²) >= 11 is 0. The molecule has 0 aromatic rings. The maximum atomic E-state index is 11.9. The van der Waals surface area contributed by atoms with Crippen molar-refractivity contribution >= 4 is 11.9 Å². The van der Waals surface area contributed by atoms with E-state index in [1.807, 2.05) is 0 Å². The molecular weight excluding hydrogens is 472 g/mol. The lowest BCUT2D eigenvalue weighted by Crippen LogP contribution is -2.67. The number of hydrogen-bond acceptors (Lipinski definition) is 4. The third kappa shape index (κ3) is 3.80. The maximum absolute atomic E-state index is 11.9. The third-order valence-electron chi connectivity index (χ3n) is 14.0. The molecule has 10 atom stereocenters. The molecule has 4 heteroatoms. The maximum Gasteiger partial charge on any atom is 0.302 e. The number of hydrogen-bond donors (Lipinski definition) is 0. The van der Waals surface area contributed by atoms with Gasteiger partial charge in [0.15, 0.2) is 0 Å². The number of carbonyl (C=O) groups is 2. The predicted molar refractivity (Wildman–Crippen MR) is 151 cm³/mol. The van der Waals surface area contributed by atoms with Crippen molar-refractivity contribution in [2.24, 2.45) is 56.7 Å². The summed E-state index contributed by atoms with van der Waals surface area (Å²) in [5, 5.41) is 0. The normalized spacial score (nSPS) is 49.1. The molecule has 0 amide bonds. The van der Waals surface area contributed by atoms with Crippen LogP contribution in [-0.2, 0) is 19.1 Å². The summed E-state index contributed by atoms with van der Waals surface area (Å²) in [4.78, 5) is 23.8. The van der Waals surface area contributed by atoms with E-state index in [9.17, 15) is 9.59 Å². The highest BCUT2D eigenvalue weighted by Crippen LogP contribution is 2.77. The Hall–Kier alpha value is -1.32. The highest BCUT2D eigenvalue weighted by molar-refractivity contribution is 5.66. The van der Waals surface area contributed by atoms with Crippen molar-refractivity contribution in [1.82, 2.24) is 0 Å². The van der Waals surface area contributed by atoms with Crippen molar-refractivity contribution in [2.45, 2.75) is 126 Å². The molecule has 3 unspecified atom stereocenters. The van der Waals surface area contributed by atoms with E-state index in [4.69, 9.17) is 9.47 Å². The van der Waals surface area contributed by atoms with Gasteiger partial charge in [0, 0.05) is 24.7 Å². The number of rotatable bonds is 4. The van der Waals surface area contributed by atoms with E-state index in [0.29, 0.717) is 41.6 Å². The molecular formula is C34H54O4. The van der Waals surface area contributed by atoms with Crippen molar-refractivity contribution in [3.63, 3.8) is 0 Å². The number of carbonyl (C=O) groups excluding carboxylic acids is 2. The van der Waals surface area contributed by atoms with Crippen molar-refractivity contribution < 1.29 is 19.1 Å². The molecule has 5 fully saturated rings. The standard InChI is InChI=1S/C34H54O4/c1-21(2)24-12-17-34(20-37-22(3)35)19-18-32(8)25(29(24)34)10-11-27-31(7)15-14-28(38-23(4)36)30(5,6)26(31)13-16-33(27,32)9/h24-29H,1,10-20H2,2-9H3/t24-,25+,26?,27?,28-,29?,31-,32+,33+,34+/m1/s1. The van der Waals surface area contributed by atoms with E-state index in [2.05, 4.69) is 48.1 Å². The van der Waals surface area contributed by atoms with Crippen LogP contribution in [0.2, 0.25) is 0 Å². The fourth-order valence-electron chi connectivity index (χ4n) is 12.2. The molecule has 0 bridgehead atoms. The van der Waals surface area contributed by atoms with Crippen LogP contribution < -0.4 is 0 Å². The van der Waals surface area contributed by atoms with Gasteiger partial charge in [0.2, 0.25) is 0 Å². The molecule has 0 aliphatic heterocycles. The Morgan fingerprint density at radius 2 is 1.47 bits per heavy atom. The zero-order chi connectivity index (χ0) is 27.9. The van der Waals surface area contributed by atoms with Crippen LogP contribution in [0.5, 0.6) is 0 Å². The molecule has 38 heavy (non-hydrogen) atoms. The Bertz CT molecular complexity index is 998. The van der Waals surface area contributed by atoms with Crippen LogP contribution in [0, 0.1) is 56.7 Å². The Morgan fingerprint density at radius 1 is 0.763 bits per heavy atom. The highest BCUT2D eigenvalue weighted by Gasteiger charge is 2.71. The molecule has 0 spiro atoms. The van der Waals surface area contributed by atoms with E-state index >= 15 is 0 Å². The summed E-state index contributed by atoms with van der Waals surface area (Å²) in [6.07, 6.45) is 12.0. The lowest BCUT2D eigenvalue weighted by molar-refractivity contribution is -0.252. The number of ether oxygens (including phenoxy) is 2. The van der Waals surface area contributed by atoms with E-state index < -0.39 is 0 Å². The number of fused-ring (bicyclic) bond motifs is 7. The fourth-order valence-corrected chi connectivity index (χ4v) is 12.2. The zero-order valence-corrected chi connectivity index (χ0v) is 25.6. The second-order valence-corrected chi connectivity index (χ2v) is 15.8. The summed E-state index contributed by atoms with van der Waals surface area (Å²) in [5.41, 5.74) is 2.30. The number of allylic oxidation sites excluding steroid dienone is 1. The summed E-state index contributed by atoms with van der Waals surface area (Å²) < 4.78 is 11.7. The Morgan fingerprint density at radius 3 is 2.11 bits per heavy atom. The van der Waals surface area contributed by atoms with Gasteiger partial charge in [0.05, 0.1) is 6.61 Å². The summed E-state index contributed by atoms with van der Waals surface area (Å²) in [7, 11) is 0. The molecule has 0 saturated heterocycles. The summed E-state index contributed by atoms with van der Waals surface area (Å²) in [6.45, 7) is 23.1. The molecule has 0 aromatic heterocycles. The van der Waals surface area contributed by atoms with Crippen LogP contribution in [0.15, 0.2) is 12.2 Å². The first-order valence-electron chi connectivity index (χ1n) is 15.6. The molecule has 5 rings (SSSR count). The molecule has 0 heterocycles. The van der Waals surface area contributed by atoms with Gasteiger partial charge in [-0.05, 0) is 117 Å². The lowest BCUT2D eigenvalue weighted by atomic mass is 9.32. The van der Waals surface area contributed by atoms with Crippen LogP contribution in [-0.4, -0.2) is 24.6 Å². The smallest absolute Gasteiger partial charge is 0.302 e. The second kappa shape index (κ2) is 9.10. The van der Waals surface area contributed by atoms with E-state index in [1.165, 1.54) is 56.9 Å². The molecule has 5 saturated carbocycles. The molecule has 5 aliphatic rings. The van der Waals surface area contributed by atoms with Crippen molar-refractivity contribution in [1.29, 1.82) is 0 Å². The second-order valence-electron chi connectivity index (χ2n) is 15.8. The monoisotopic (exact) mass is 526 g/mol. The van der Waals surface area contributed by atoms with Gasteiger partial charge in [-0.15, -0.1) is 0 Å². The molecule has 4 nitrogen and oxygen atoms in total. The van der Waals surface area contributed by atoms with Crippen LogP contribution in [0.1, 0.15) is 120 Å². The SMILES string of the molecule is C=C(C)[C@H]1CC[C@@]2(COC(C)=O)CC[C@@]3(C)[C@@H](CCC4[C@]5(C)CC[C@@H](OC(C)=O)C(C)(C)C5CC[C@@]43C)C12. The van der Waals surface area contributed by atoms with Crippen molar-refractivity contribution in [3.8, 4) is 0 Å². The molecule has 0 aromatic carbocycles. The molecule has 214 valence electrons. The molecule has 0 radical (unpaired) electrons. The topological polar surface area (TPSA) is 52.6 Å². The van der Waals surface area contributed by atoms with Gasteiger partial charge in [0.25, 0.3) is 0 Å². The van der Waals surface area contributed by atoms with Gasteiger partial charge >= 0.3 is 11.9 Å². The van der Waals surface area contributed by atoms with Crippen LogP contribution >= 0.6 is 0 Å². The van der Waals surface area contributed by atoms with Crippen LogP contribution in [0.3, 0.4) is 0 Å². The first-order chi connectivity index (χ1) is 17.6. The average molecular weight is 527 g/mol. The summed E-state index contributed by atoms with van der Waals surface area (Å²) in [6, 6.07) is 0. The molecule has 5 aliphatic carbocycles. The quantitative estimate of drug-likeness (QED) is 0.274. The van der Waals surface area contributed by atoms with Gasteiger partial charge in [-0.2, -0.15) is 0 Å². The zero-order valence-electron chi connectivity index (χ0n) is 25.6. The lowest BCUT2D eigenvalue weighted by Gasteiger charge is -2.73. The Balaban J connectivity index is 1.49. The predicted octanol–water partition coefficient (Wildman–Crippen LogP) is 8.14. The van der Waals surface area contributed by atoms with E-state index in [0.717, 1.165) is 12.8 Å². The van der Waals surface area contributed by atoms with Crippen molar-refractivity contribution in [3.05, 3.63) is 12.2 Å². The molecule has 0 N–H and O–H groups in total. The van der Waals surface area contributed by atoms with E-state index in [-0.39, 0.29) is 39.7 Å². The van der Waals surface area contributed by atoms with Gasteiger partial charge < -0.3 is 9.47 Å². The van der Waals surface area contributed by atoms with E-state index in [1.54, 1.807) is 13.8 Å². The minimum atomic E-state index is -0.140. The minimum absolute atomic E-state index is 0.00000109. The Labute approximate surface area is 232 Å². The Kier molecular flexibility index (Phi) is 6.76. The van der Waals surface area contributed by atoms with Crippen LogP contribution in [0.4, 0.5) is 0 Å². The highest BCUT2D eigenvalue weighted by atomic mass is 16.5.